The first-order chi connectivity index (χ1) is 9.02. The summed E-state index contributed by atoms with van der Waals surface area (Å²) in [5.74, 6) is 1.08. The zero-order valence-corrected chi connectivity index (χ0v) is 11.8. The summed E-state index contributed by atoms with van der Waals surface area (Å²) in [4.78, 5) is 15.5. The van der Waals surface area contributed by atoms with Crippen LogP contribution in [0.25, 0.3) is 10.9 Å². The third-order valence-electron chi connectivity index (χ3n) is 2.96. The molecule has 2 aromatic rings. The standard InChI is InChI=1S/C16H19NO2/c1-10(2)13-6-5-7-14-15(19-11(3)4)8-12(9-18)17-16(13)14/h5-11H,1-4H3. The van der Waals surface area contributed by atoms with Crippen LogP contribution in [0.3, 0.4) is 0 Å². The van der Waals surface area contributed by atoms with Crippen LogP contribution in [0.15, 0.2) is 24.3 Å². The maximum atomic E-state index is 11.1. The monoisotopic (exact) mass is 257 g/mol. The average Bonchev–Trinajstić information content (AvgIpc) is 2.36. The molecule has 19 heavy (non-hydrogen) atoms. The highest BCUT2D eigenvalue weighted by Crippen LogP contribution is 2.31. The van der Waals surface area contributed by atoms with Crippen LogP contribution in [0.4, 0.5) is 0 Å². The number of nitrogens with zero attached hydrogens (tertiary/aromatic N) is 1. The molecule has 0 aliphatic heterocycles. The van der Waals surface area contributed by atoms with E-state index >= 15 is 0 Å². The van der Waals surface area contributed by atoms with Gasteiger partial charge in [-0.1, -0.05) is 26.0 Å². The van der Waals surface area contributed by atoms with Crippen molar-refractivity contribution in [1.29, 1.82) is 0 Å². The molecule has 1 heterocycles. The van der Waals surface area contributed by atoms with Crippen LogP contribution >= 0.6 is 0 Å². The number of fused-ring (bicyclic) bond motifs is 1. The van der Waals surface area contributed by atoms with E-state index in [4.69, 9.17) is 4.74 Å². The summed E-state index contributed by atoms with van der Waals surface area (Å²) in [6, 6.07) is 7.75. The fourth-order valence-corrected chi connectivity index (χ4v) is 2.14. The number of aromatic nitrogens is 1. The molecular weight excluding hydrogens is 238 g/mol. The Morgan fingerprint density at radius 3 is 2.53 bits per heavy atom. The Kier molecular flexibility index (Phi) is 3.84. The first-order valence-electron chi connectivity index (χ1n) is 6.58. The third-order valence-corrected chi connectivity index (χ3v) is 2.96. The van der Waals surface area contributed by atoms with Crippen LogP contribution in [0.1, 0.15) is 49.7 Å². The Hall–Kier alpha value is -1.90. The summed E-state index contributed by atoms with van der Waals surface area (Å²) < 4.78 is 5.81. The second-order valence-corrected chi connectivity index (χ2v) is 5.23. The van der Waals surface area contributed by atoms with Crippen molar-refractivity contribution in [2.45, 2.75) is 39.7 Å². The molecule has 2 rings (SSSR count). The van der Waals surface area contributed by atoms with Crippen molar-refractivity contribution in [1.82, 2.24) is 4.98 Å². The van der Waals surface area contributed by atoms with E-state index in [-0.39, 0.29) is 6.10 Å². The molecule has 0 amide bonds. The lowest BCUT2D eigenvalue weighted by molar-refractivity contribution is 0.111. The van der Waals surface area contributed by atoms with E-state index in [1.807, 2.05) is 32.0 Å². The molecule has 0 aliphatic rings. The molecule has 1 aromatic heterocycles. The zero-order chi connectivity index (χ0) is 14.0. The normalized spacial score (nSPS) is 11.3. The molecule has 1 aromatic carbocycles. The minimum Gasteiger partial charge on any atom is -0.490 e. The van der Waals surface area contributed by atoms with Crippen LogP contribution < -0.4 is 4.74 Å². The molecule has 3 nitrogen and oxygen atoms in total. The lowest BCUT2D eigenvalue weighted by Gasteiger charge is -2.15. The molecule has 0 spiro atoms. The van der Waals surface area contributed by atoms with E-state index in [0.717, 1.165) is 28.5 Å². The molecule has 0 saturated carbocycles. The number of aldehydes is 1. The number of carbonyl (C=O) groups excluding carboxylic acids is 1. The van der Waals surface area contributed by atoms with Crippen molar-refractivity contribution in [3.63, 3.8) is 0 Å². The molecule has 0 fully saturated rings. The van der Waals surface area contributed by atoms with Gasteiger partial charge >= 0.3 is 0 Å². The molecule has 0 unspecified atom stereocenters. The smallest absolute Gasteiger partial charge is 0.168 e. The van der Waals surface area contributed by atoms with Crippen molar-refractivity contribution >= 4 is 17.2 Å². The van der Waals surface area contributed by atoms with Crippen LogP contribution in [0.2, 0.25) is 0 Å². The van der Waals surface area contributed by atoms with Gasteiger partial charge in [-0.25, -0.2) is 4.98 Å². The summed E-state index contributed by atoms with van der Waals surface area (Å²) in [7, 11) is 0. The second kappa shape index (κ2) is 5.39. The first kappa shape index (κ1) is 13.5. The molecule has 0 atom stereocenters. The van der Waals surface area contributed by atoms with Gasteiger partial charge in [0.2, 0.25) is 0 Å². The number of ether oxygens (including phenoxy) is 1. The summed E-state index contributed by atoms with van der Waals surface area (Å²) in [5, 5.41) is 0.963. The number of carbonyl (C=O) groups is 1. The predicted octanol–water partition coefficient (Wildman–Crippen LogP) is 3.96. The maximum Gasteiger partial charge on any atom is 0.168 e. The highest BCUT2D eigenvalue weighted by Gasteiger charge is 2.12. The number of hydrogen-bond acceptors (Lipinski definition) is 3. The van der Waals surface area contributed by atoms with E-state index in [9.17, 15) is 4.79 Å². The second-order valence-electron chi connectivity index (χ2n) is 5.23. The molecule has 0 bridgehead atoms. The summed E-state index contributed by atoms with van der Waals surface area (Å²) >= 11 is 0. The summed E-state index contributed by atoms with van der Waals surface area (Å²) in [6.07, 6.45) is 0.830. The van der Waals surface area contributed by atoms with Crippen LogP contribution in [0, 0.1) is 0 Å². The molecular formula is C16H19NO2. The predicted molar refractivity (Wildman–Crippen MR) is 77.0 cm³/mol. The highest BCUT2D eigenvalue weighted by atomic mass is 16.5. The SMILES string of the molecule is CC(C)Oc1cc(C=O)nc2c(C(C)C)cccc12. The fourth-order valence-electron chi connectivity index (χ4n) is 2.14. The average molecular weight is 257 g/mol. The maximum absolute atomic E-state index is 11.1. The Labute approximate surface area is 113 Å². The number of hydrogen-bond donors (Lipinski definition) is 0. The number of pyridine rings is 1. The number of para-hydroxylation sites is 1. The topological polar surface area (TPSA) is 39.2 Å². The third kappa shape index (κ3) is 2.75. The molecule has 0 N–H and O–H groups in total. The largest absolute Gasteiger partial charge is 0.490 e. The van der Waals surface area contributed by atoms with Gasteiger partial charge in [0.15, 0.2) is 6.29 Å². The van der Waals surface area contributed by atoms with E-state index in [1.54, 1.807) is 6.07 Å². The lowest BCUT2D eigenvalue weighted by Crippen LogP contribution is -2.07. The number of rotatable bonds is 4. The Morgan fingerprint density at radius 1 is 1.21 bits per heavy atom. The van der Waals surface area contributed by atoms with Gasteiger partial charge in [-0.05, 0) is 31.4 Å². The van der Waals surface area contributed by atoms with Gasteiger partial charge in [-0.15, -0.1) is 0 Å². The van der Waals surface area contributed by atoms with E-state index < -0.39 is 0 Å². The van der Waals surface area contributed by atoms with Crippen LogP contribution in [-0.4, -0.2) is 17.4 Å². The van der Waals surface area contributed by atoms with Crippen LogP contribution in [0.5, 0.6) is 5.75 Å². The van der Waals surface area contributed by atoms with Gasteiger partial charge in [0.05, 0.1) is 11.6 Å². The van der Waals surface area contributed by atoms with E-state index in [1.165, 1.54) is 0 Å². The first-order valence-corrected chi connectivity index (χ1v) is 6.58. The molecule has 0 radical (unpaired) electrons. The minimum atomic E-state index is 0.0628. The van der Waals surface area contributed by atoms with Crippen molar-refractivity contribution in [2.75, 3.05) is 0 Å². The van der Waals surface area contributed by atoms with Crippen molar-refractivity contribution in [3.8, 4) is 5.75 Å². The van der Waals surface area contributed by atoms with Crippen molar-refractivity contribution in [2.24, 2.45) is 0 Å². The Balaban J connectivity index is 2.74. The molecule has 0 aliphatic carbocycles. The summed E-state index contributed by atoms with van der Waals surface area (Å²) in [6.45, 7) is 8.18. The highest BCUT2D eigenvalue weighted by molar-refractivity contribution is 5.91. The van der Waals surface area contributed by atoms with Gasteiger partial charge in [-0.3, -0.25) is 4.79 Å². The van der Waals surface area contributed by atoms with Gasteiger partial charge in [0.25, 0.3) is 0 Å². The van der Waals surface area contributed by atoms with E-state index in [2.05, 4.69) is 18.8 Å². The Bertz CT molecular complexity index is 603. The Morgan fingerprint density at radius 2 is 1.95 bits per heavy atom. The van der Waals surface area contributed by atoms with Gasteiger partial charge < -0.3 is 4.74 Å². The zero-order valence-electron chi connectivity index (χ0n) is 11.8. The van der Waals surface area contributed by atoms with Crippen molar-refractivity contribution < 1.29 is 9.53 Å². The summed E-state index contributed by atoms with van der Waals surface area (Å²) in [5.41, 5.74) is 2.41. The van der Waals surface area contributed by atoms with Crippen molar-refractivity contribution in [3.05, 3.63) is 35.5 Å². The van der Waals surface area contributed by atoms with Gasteiger partial charge in [0, 0.05) is 11.5 Å². The lowest BCUT2D eigenvalue weighted by atomic mass is 9.99. The van der Waals surface area contributed by atoms with Gasteiger partial charge in [0.1, 0.15) is 11.4 Å². The molecule has 100 valence electrons. The van der Waals surface area contributed by atoms with E-state index in [0.29, 0.717) is 11.6 Å². The van der Waals surface area contributed by atoms with Crippen LogP contribution in [-0.2, 0) is 0 Å². The van der Waals surface area contributed by atoms with Gasteiger partial charge in [-0.2, -0.15) is 0 Å². The molecule has 0 saturated heterocycles. The number of benzene rings is 1. The quantitative estimate of drug-likeness (QED) is 0.778. The molecule has 3 heteroatoms. The fraction of sp³-hybridized carbons (Fsp3) is 0.375. The minimum absolute atomic E-state index is 0.0628.